The van der Waals surface area contributed by atoms with Crippen LogP contribution >= 0.6 is 0 Å². The zero-order chi connectivity index (χ0) is 27.7. The van der Waals surface area contributed by atoms with Gasteiger partial charge in [-0.1, -0.05) is 12.1 Å². The molecule has 5 N–H and O–H groups in total. The molecule has 1 aliphatic heterocycles. The number of anilines is 1. The number of likely N-dealkylation sites (tertiary alicyclic amines) is 1. The Hall–Kier alpha value is -3.79. The molecule has 1 aliphatic carbocycles. The standard InChI is InChI=1S/C29H32F2N4O4/c30-15-23(32)17-1-3-18(4-2-17)28(37)35-12-11-22(16-5-7-20(31)8-6-16)26(35)27(36)33-21-9-10-24-19(13-21)14-25(34-24)29(38)39/h5-10,13-14,17-18,22-23,26,34H,1-4,11-12,15,32H2,(H,33,36)(H,38,39)/t17?,18?,22-,23-,26+/m1/s1. The van der Waals surface area contributed by atoms with E-state index < -0.39 is 24.7 Å². The summed E-state index contributed by atoms with van der Waals surface area (Å²) in [4.78, 5) is 43.2. The Balaban J connectivity index is 1.38. The summed E-state index contributed by atoms with van der Waals surface area (Å²) in [5.41, 5.74) is 7.80. The van der Waals surface area contributed by atoms with Gasteiger partial charge in [-0.2, -0.15) is 0 Å². The topological polar surface area (TPSA) is 129 Å². The molecule has 2 heterocycles. The van der Waals surface area contributed by atoms with Gasteiger partial charge in [-0.05, 0) is 80.0 Å². The minimum Gasteiger partial charge on any atom is -0.477 e. The number of carboxylic acids is 1. The van der Waals surface area contributed by atoms with E-state index in [1.807, 2.05) is 0 Å². The number of H-pyrrole nitrogens is 1. The molecule has 0 bridgehead atoms. The molecule has 3 aromatic rings. The van der Waals surface area contributed by atoms with Crippen LogP contribution in [0.1, 0.15) is 54.1 Å². The Labute approximate surface area is 224 Å². The van der Waals surface area contributed by atoms with E-state index in [-0.39, 0.29) is 41.1 Å². The molecule has 0 unspecified atom stereocenters. The number of aromatic carboxylic acids is 1. The minimum absolute atomic E-state index is 0.0413. The number of aromatic nitrogens is 1. The molecule has 1 aromatic heterocycles. The summed E-state index contributed by atoms with van der Waals surface area (Å²) in [5.74, 6) is -2.46. The number of amides is 2. The van der Waals surface area contributed by atoms with E-state index in [4.69, 9.17) is 5.73 Å². The number of fused-ring (bicyclic) bond motifs is 1. The van der Waals surface area contributed by atoms with Crippen molar-refractivity contribution in [2.45, 2.75) is 50.1 Å². The number of hydrogen-bond acceptors (Lipinski definition) is 4. The number of carbonyl (C=O) groups is 3. The molecule has 1 saturated carbocycles. The lowest BCUT2D eigenvalue weighted by Gasteiger charge is -2.35. The fourth-order valence-electron chi connectivity index (χ4n) is 6.12. The average molecular weight is 539 g/mol. The first-order valence-electron chi connectivity index (χ1n) is 13.3. The van der Waals surface area contributed by atoms with Gasteiger partial charge in [0.1, 0.15) is 24.2 Å². The zero-order valence-electron chi connectivity index (χ0n) is 21.4. The van der Waals surface area contributed by atoms with Crippen molar-refractivity contribution in [1.82, 2.24) is 9.88 Å². The molecule has 2 amide bonds. The van der Waals surface area contributed by atoms with Gasteiger partial charge in [0.15, 0.2) is 0 Å². The molecule has 3 atom stereocenters. The van der Waals surface area contributed by atoms with Crippen molar-refractivity contribution in [2.75, 3.05) is 18.5 Å². The molecule has 5 rings (SSSR count). The maximum atomic E-state index is 13.8. The highest BCUT2D eigenvalue weighted by Gasteiger charge is 2.44. The predicted molar refractivity (Wildman–Crippen MR) is 143 cm³/mol. The Morgan fingerprint density at radius 1 is 1.05 bits per heavy atom. The zero-order valence-corrected chi connectivity index (χ0v) is 21.4. The lowest BCUT2D eigenvalue weighted by atomic mass is 9.78. The first-order chi connectivity index (χ1) is 18.7. The molecule has 2 aromatic carbocycles. The third-order valence-corrected chi connectivity index (χ3v) is 8.27. The number of rotatable bonds is 7. The van der Waals surface area contributed by atoms with E-state index in [0.717, 1.165) is 5.56 Å². The Morgan fingerprint density at radius 3 is 2.44 bits per heavy atom. The predicted octanol–water partition coefficient (Wildman–Crippen LogP) is 4.43. The number of carbonyl (C=O) groups excluding carboxylic acids is 2. The van der Waals surface area contributed by atoms with E-state index in [1.54, 1.807) is 35.2 Å². The summed E-state index contributed by atoms with van der Waals surface area (Å²) < 4.78 is 26.7. The van der Waals surface area contributed by atoms with E-state index >= 15 is 0 Å². The molecule has 2 aliphatic rings. The van der Waals surface area contributed by atoms with E-state index in [2.05, 4.69) is 10.3 Å². The Kier molecular flexibility index (Phi) is 7.65. The number of nitrogens with two attached hydrogens (primary N) is 1. The van der Waals surface area contributed by atoms with Crippen LogP contribution in [0.4, 0.5) is 14.5 Å². The molecular weight excluding hydrogens is 506 g/mol. The molecule has 0 radical (unpaired) electrons. The number of carboxylic acid groups (broad SMARTS) is 1. The Morgan fingerprint density at radius 2 is 1.77 bits per heavy atom. The van der Waals surface area contributed by atoms with Crippen LogP contribution in [0.15, 0.2) is 48.5 Å². The second-order valence-electron chi connectivity index (χ2n) is 10.6. The van der Waals surface area contributed by atoms with Crippen LogP contribution < -0.4 is 11.1 Å². The van der Waals surface area contributed by atoms with E-state index in [1.165, 1.54) is 18.2 Å². The van der Waals surface area contributed by atoms with Crippen LogP contribution in [0.25, 0.3) is 10.9 Å². The normalized spacial score (nSPS) is 24.0. The van der Waals surface area contributed by atoms with Gasteiger partial charge in [-0.25, -0.2) is 13.6 Å². The fourth-order valence-corrected chi connectivity index (χ4v) is 6.12. The van der Waals surface area contributed by atoms with Gasteiger partial charge < -0.3 is 26.0 Å². The number of nitrogens with one attached hydrogen (secondary N) is 2. The summed E-state index contributed by atoms with van der Waals surface area (Å²) in [7, 11) is 0. The molecule has 1 saturated heterocycles. The van der Waals surface area contributed by atoms with Crippen molar-refractivity contribution in [1.29, 1.82) is 0 Å². The summed E-state index contributed by atoms with van der Waals surface area (Å²) in [6, 6.07) is 11.2. The first-order valence-corrected chi connectivity index (χ1v) is 13.3. The van der Waals surface area contributed by atoms with Gasteiger partial charge >= 0.3 is 5.97 Å². The van der Waals surface area contributed by atoms with Crippen molar-refractivity contribution in [3.05, 3.63) is 65.6 Å². The van der Waals surface area contributed by atoms with Gasteiger partial charge in [0.05, 0.1) is 0 Å². The summed E-state index contributed by atoms with van der Waals surface area (Å²) in [5, 5.41) is 12.8. The maximum absolute atomic E-state index is 13.8. The highest BCUT2D eigenvalue weighted by Crippen LogP contribution is 2.38. The third-order valence-electron chi connectivity index (χ3n) is 8.27. The highest BCUT2D eigenvalue weighted by molar-refractivity contribution is 6.01. The lowest BCUT2D eigenvalue weighted by molar-refractivity contribution is -0.141. The van der Waals surface area contributed by atoms with E-state index in [9.17, 15) is 28.3 Å². The van der Waals surface area contributed by atoms with Gasteiger partial charge in [0.25, 0.3) is 0 Å². The fraction of sp³-hybridized carbons (Fsp3) is 0.414. The Bertz CT molecular complexity index is 1370. The van der Waals surface area contributed by atoms with Crippen LogP contribution in [0.5, 0.6) is 0 Å². The van der Waals surface area contributed by atoms with Crippen molar-refractivity contribution in [2.24, 2.45) is 17.6 Å². The SMILES string of the molecule is N[C@H](CF)C1CCC(C(=O)N2CC[C@H](c3ccc(F)cc3)[C@H]2C(=O)Nc2ccc3[nH]c(C(=O)O)cc3c2)CC1. The minimum atomic E-state index is -1.08. The number of aromatic amines is 1. The van der Waals surface area contributed by atoms with Gasteiger partial charge in [-0.3, -0.25) is 9.59 Å². The van der Waals surface area contributed by atoms with Crippen LogP contribution in [-0.2, 0) is 9.59 Å². The smallest absolute Gasteiger partial charge is 0.352 e. The molecule has 10 heteroatoms. The van der Waals surface area contributed by atoms with Crippen molar-refractivity contribution in [3.8, 4) is 0 Å². The third kappa shape index (κ3) is 5.52. The monoisotopic (exact) mass is 538 g/mol. The summed E-state index contributed by atoms with van der Waals surface area (Å²) in [6.07, 6.45) is 3.08. The second-order valence-corrected chi connectivity index (χ2v) is 10.6. The molecule has 39 heavy (non-hydrogen) atoms. The molecule has 206 valence electrons. The summed E-state index contributed by atoms with van der Waals surface area (Å²) >= 11 is 0. The maximum Gasteiger partial charge on any atom is 0.352 e. The number of halogens is 2. The van der Waals surface area contributed by atoms with Crippen LogP contribution in [0.3, 0.4) is 0 Å². The van der Waals surface area contributed by atoms with Gasteiger partial charge in [0, 0.05) is 41.0 Å². The molecule has 0 spiro atoms. The highest BCUT2D eigenvalue weighted by atomic mass is 19.1. The van der Waals surface area contributed by atoms with Crippen molar-refractivity contribution < 1.29 is 28.3 Å². The molecule has 8 nitrogen and oxygen atoms in total. The quantitative estimate of drug-likeness (QED) is 0.354. The van der Waals surface area contributed by atoms with Crippen molar-refractivity contribution in [3.63, 3.8) is 0 Å². The second kappa shape index (κ2) is 11.1. The number of benzene rings is 2. The number of hydrogen-bond donors (Lipinski definition) is 4. The van der Waals surface area contributed by atoms with Crippen molar-refractivity contribution >= 4 is 34.4 Å². The summed E-state index contributed by atoms with van der Waals surface area (Å²) in [6.45, 7) is -0.190. The van der Waals surface area contributed by atoms with E-state index in [0.29, 0.717) is 55.2 Å². The van der Waals surface area contributed by atoms with Crippen LogP contribution in [0, 0.1) is 17.7 Å². The lowest BCUT2D eigenvalue weighted by Crippen LogP contribution is -2.48. The van der Waals surface area contributed by atoms with Crippen LogP contribution in [-0.4, -0.2) is 58.1 Å². The first kappa shape index (κ1) is 26.8. The number of alkyl halides is 1. The van der Waals surface area contributed by atoms with Gasteiger partial charge in [-0.15, -0.1) is 0 Å². The number of nitrogens with zero attached hydrogens (tertiary/aromatic N) is 1. The average Bonchev–Trinajstić information content (AvgIpc) is 3.57. The largest absolute Gasteiger partial charge is 0.477 e. The molecular formula is C29H32F2N4O4. The van der Waals surface area contributed by atoms with Crippen LogP contribution in [0.2, 0.25) is 0 Å². The molecule has 2 fully saturated rings. The van der Waals surface area contributed by atoms with Gasteiger partial charge in [0.2, 0.25) is 11.8 Å².